The van der Waals surface area contributed by atoms with Gasteiger partial charge in [0.05, 0.1) is 25.2 Å². The van der Waals surface area contributed by atoms with Crippen LogP contribution in [0.15, 0.2) is 36.5 Å². The second kappa shape index (κ2) is 56.0. The molecule has 0 saturated heterocycles. The van der Waals surface area contributed by atoms with Crippen molar-refractivity contribution < 1.29 is 24.5 Å². The number of aliphatic hydroxyl groups is 2. The summed E-state index contributed by atoms with van der Waals surface area (Å²) in [5.74, 6) is -0.489. The largest absolute Gasteiger partial charge is 0.462 e. The van der Waals surface area contributed by atoms with Gasteiger partial charge in [0, 0.05) is 6.42 Å². The zero-order valence-electron chi connectivity index (χ0n) is 45.8. The Morgan fingerprint density at radius 1 is 0.426 bits per heavy atom. The molecule has 0 bridgehead atoms. The van der Waals surface area contributed by atoms with Crippen LogP contribution in [0.25, 0.3) is 0 Å². The molecule has 3 atom stereocenters. The highest BCUT2D eigenvalue weighted by atomic mass is 16.5. The number of nitrogens with one attached hydrogen (secondary N) is 1. The molecular weight excluding hydrogens is 839 g/mol. The number of aliphatic hydroxyl groups excluding tert-OH is 2. The maximum absolute atomic E-state index is 13.3. The van der Waals surface area contributed by atoms with Gasteiger partial charge in [-0.15, -0.1) is 0 Å². The minimum atomic E-state index is -0.796. The number of ether oxygens (including phenoxy) is 1. The Kier molecular flexibility index (Phi) is 54.4. The number of carbonyl (C=O) groups is 2. The molecule has 0 aromatic heterocycles. The molecular formula is C62H117NO5. The summed E-state index contributed by atoms with van der Waals surface area (Å²) in [4.78, 5) is 26.3. The van der Waals surface area contributed by atoms with Gasteiger partial charge < -0.3 is 20.3 Å². The highest BCUT2D eigenvalue weighted by Crippen LogP contribution is 2.19. The Morgan fingerprint density at radius 3 is 1.13 bits per heavy atom. The predicted molar refractivity (Wildman–Crippen MR) is 296 cm³/mol. The second-order valence-corrected chi connectivity index (χ2v) is 20.8. The van der Waals surface area contributed by atoms with Crippen molar-refractivity contribution in [2.24, 2.45) is 0 Å². The lowest BCUT2D eigenvalue weighted by Gasteiger charge is -2.24. The number of rotatable bonds is 55. The highest BCUT2D eigenvalue weighted by Gasteiger charge is 2.24. The van der Waals surface area contributed by atoms with Crippen molar-refractivity contribution in [3.8, 4) is 0 Å². The van der Waals surface area contributed by atoms with Crippen LogP contribution in [-0.4, -0.2) is 46.9 Å². The third-order valence-corrected chi connectivity index (χ3v) is 14.0. The highest BCUT2D eigenvalue weighted by molar-refractivity contribution is 5.77. The average Bonchev–Trinajstić information content (AvgIpc) is 3.33. The van der Waals surface area contributed by atoms with Gasteiger partial charge in [-0.2, -0.15) is 0 Å². The zero-order chi connectivity index (χ0) is 49.5. The molecule has 0 heterocycles. The van der Waals surface area contributed by atoms with Crippen LogP contribution in [0.2, 0.25) is 0 Å². The van der Waals surface area contributed by atoms with Gasteiger partial charge in [0.25, 0.3) is 0 Å². The first-order valence-corrected chi connectivity index (χ1v) is 30.2. The van der Waals surface area contributed by atoms with Gasteiger partial charge in [0.1, 0.15) is 6.10 Å². The molecule has 0 saturated carbocycles. The monoisotopic (exact) mass is 956 g/mol. The average molecular weight is 957 g/mol. The Balaban J connectivity index is 4.56. The standard InChI is InChI=1S/C62H117NO5/c1-4-7-10-13-16-19-22-25-28-31-33-36-39-42-45-48-51-54-60(65)59(57-64)63-61(66)56-58(53-50-47-44-41-38-35-32-29-26-23-20-17-14-11-8-5-2)68-62(67)55-52-49-46-43-40-37-34-30-27-24-21-18-15-12-9-6-3/h23,26,29,32,35,38,58-60,64-65H,4-22,24-25,27-28,30-31,33-34,36-37,39-57H2,1-3H3,(H,63,66)/b26-23+,32-29+,38-35+. The van der Waals surface area contributed by atoms with Crippen molar-refractivity contribution in [2.45, 2.75) is 341 Å². The molecule has 3 unspecified atom stereocenters. The minimum absolute atomic E-state index is 0.0595. The van der Waals surface area contributed by atoms with Gasteiger partial charge in [0.2, 0.25) is 5.91 Å². The van der Waals surface area contributed by atoms with E-state index in [1.54, 1.807) is 0 Å². The van der Waals surface area contributed by atoms with E-state index in [1.165, 1.54) is 205 Å². The number of unbranched alkanes of at least 4 members (excludes halogenated alkanes) is 39. The number of hydrogen-bond donors (Lipinski definition) is 3. The van der Waals surface area contributed by atoms with Crippen LogP contribution in [0, 0.1) is 0 Å². The first kappa shape index (κ1) is 66.1. The fourth-order valence-electron chi connectivity index (χ4n) is 9.44. The maximum Gasteiger partial charge on any atom is 0.306 e. The second-order valence-electron chi connectivity index (χ2n) is 20.8. The summed E-state index contributed by atoms with van der Waals surface area (Å²) < 4.78 is 5.96. The van der Waals surface area contributed by atoms with Crippen LogP contribution in [0.5, 0.6) is 0 Å². The molecule has 0 aliphatic rings. The van der Waals surface area contributed by atoms with Crippen LogP contribution < -0.4 is 5.32 Å². The maximum atomic E-state index is 13.3. The summed E-state index contributed by atoms with van der Waals surface area (Å²) in [7, 11) is 0. The van der Waals surface area contributed by atoms with E-state index in [9.17, 15) is 19.8 Å². The smallest absolute Gasteiger partial charge is 0.306 e. The number of esters is 1. The molecule has 1 amide bonds. The van der Waals surface area contributed by atoms with E-state index in [1.807, 2.05) is 0 Å². The molecule has 0 fully saturated rings. The number of allylic oxidation sites excluding steroid dienone is 6. The number of amides is 1. The lowest BCUT2D eigenvalue weighted by Crippen LogP contribution is -2.46. The van der Waals surface area contributed by atoms with Crippen molar-refractivity contribution in [1.82, 2.24) is 5.32 Å². The normalized spacial score (nSPS) is 13.3. The van der Waals surface area contributed by atoms with Crippen LogP contribution in [-0.2, 0) is 14.3 Å². The van der Waals surface area contributed by atoms with E-state index in [-0.39, 0.29) is 24.9 Å². The Morgan fingerprint density at radius 2 is 0.750 bits per heavy atom. The van der Waals surface area contributed by atoms with E-state index in [0.717, 1.165) is 70.6 Å². The molecule has 0 aromatic rings. The van der Waals surface area contributed by atoms with Crippen molar-refractivity contribution >= 4 is 11.9 Å². The molecule has 68 heavy (non-hydrogen) atoms. The Bertz CT molecular complexity index is 1120. The molecule has 0 radical (unpaired) electrons. The molecule has 0 aliphatic carbocycles. The fraction of sp³-hybridized carbons (Fsp3) is 0.871. The van der Waals surface area contributed by atoms with Gasteiger partial charge in [-0.3, -0.25) is 9.59 Å². The summed E-state index contributed by atoms with van der Waals surface area (Å²) in [5, 5.41) is 23.9. The molecule has 0 spiro atoms. The zero-order valence-corrected chi connectivity index (χ0v) is 45.8. The minimum Gasteiger partial charge on any atom is -0.462 e. The van der Waals surface area contributed by atoms with Crippen LogP contribution in [0.4, 0.5) is 0 Å². The van der Waals surface area contributed by atoms with Crippen molar-refractivity contribution in [3.05, 3.63) is 36.5 Å². The fourth-order valence-corrected chi connectivity index (χ4v) is 9.44. The Hall–Kier alpha value is -1.92. The SMILES string of the molecule is CCCCCCC/C=C/C=C/C=C/CCCCCC(CC(=O)NC(CO)C(O)CCCCCCCCCCCCCCCCCCC)OC(=O)CCCCCCCCCCCCCCCCCC. The third-order valence-electron chi connectivity index (χ3n) is 14.0. The molecule has 3 N–H and O–H groups in total. The van der Waals surface area contributed by atoms with E-state index >= 15 is 0 Å². The van der Waals surface area contributed by atoms with E-state index in [4.69, 9.17) is 4.74 Å². The molecule has 6 heteroatoms. The molecule has 0 rings (SSSR count). The summed E-state index contributed by atoms with van der Waals surface area (Å²) >= 11 is 0. The molecule has 400 valence electrons. The topological polar surface area (TPSA) is 95.9 Å². The van der Waals surface area contributed by atoms with Gasteiger partial charge in [-0.05, 0) is 51.4 Å². The van der Waals surface area contributed by atoms with Crippen molar-refractivity contribution in [1.29, 1.82) is 0 Å². The van der Waals surface area contributed by atoms with Crippen LogP contribution >= 0.6 is 0 Å². The van der Waals surface area contributed by atoms with Crippen LogP contribution in [0.1, 0.15) is 323 Å². The summed E-state index contributed by atoms with van der Waals surface area (Å²) in [6.07, 6.45) is 67.8. The first-order valence-electron chi connectivity index (χ1n) is 30.2. The van der Waals surface area contributed by atoms with E-state index in [2.05, 4.69) is 62.5 Å². The lowest BCUT2D eigenvalue weighted by atomic mass is 10.0. The quantitative estimate of drug-likeness (QED) is 0.0321. The predicted octanol–water partition coefficient (Wildman–Crippen LogP) is 18.8. The van der Waals surface area contributed by atoms with Crippen LogP contribution in [0.3, 0.4) is 0 Å². The number of carbonyl (C=O) groups excluding carboxylic acids is 2. The van der Waals surface area contributed by atoms with Crippen molar-refractivity contribution in [2.75, 3.05) is 6.61 Å². The first-order chi connectivity index (χ1) is 33.5. The van der Waals surface area contributed by atoms with E-state index < -0.39 is 18.2 Å². The third kappa shape index (κ3) is 50.5. The molecule has 0 aliphatic heterocycles. The van der Waals surface area contributed by atoms with Gasteiger partial charge in [-0.25, -0.2) is 0 Å². The van der Waals surface area contributed by atoms with Gasteiger partial charge in [-0.1, -0.05) is 295 Å². The lowest BCUT2D eigenvalue weighted by molar-refractivity contribution is -0.151. The number of hydrogen-bond acceptors (Lipinski definition) is 5. The summed E-state index contributed by atoms with van der Waals surface area (Å²) in [5.41, 5.74) is 0. The molecule has 0 aromatic carbocycles. The summed E-state index contributed by atoms with van der Waals surface area (Å²) in [6.45, 7) is 6.50. The molecule has 6 nitrogen and oxygen atoms in total. The summed E-state index contributed by atoms with van der Waals surface area (Å²) in [6, 6.07) is -0.711. The Labute approximate surface area is 424 Å². The van der Waals surface area contributed by atoms with E-state index in [0.29, 0.717) is 19.3 Å². The van der Waals surface area contributed by atoms with Gasteiger partial charge >= 0.3 is 5.97 Å². The van der Waals surface area contributed by atoms with Gasteiger partial charge in [0.15, 0.2) is 0 Å². The van der Waals surface area contributed by atoms with Crippen molar-refractivity contribution in [3.63, 3.8) is 0 Å².